The summed E-state index contributed by atoms with van der Waals surface area (Å²) in [4.78, 5) is 37.0. The maximum Gasteiger partial charge on any atom is 0.311 e. The lowest BCUT2D eigenvalue weighted by molar-refractivity contribution is -0.168. The molecule has 0 aromatic heterocycles. The Labute approximate surface area is 185 Å². The average molecular weight is 433 g/mol. The fourth-order valence-electron chi connectivity index (χ4n) is 6.62. The summed E-state index contributed by atoms with van der Waals surface area (Å²) >= 11 is 0. The lowest BCUT2D eigenvalue weighted by Gasteiger charge is -2.59. The molecule has 3 aliphatic rings. The van der Waals surface area contributed by atoms with E-state index in [2.05, 4.69) is 13.5 Å². The summed E-state index contributed by atoms with van der Waals surface area (Å²) in [5, 5.41) is 0. The third-order valence-corrected chi connectivity index (χ3v) is 8.27. The Kier molecular flexibility index (Phi) is 6.16. The Bertz CT molecular complexity index is 828. The molecular weight excluding hydrogens is 396 g/mol. The smallest absolute Gasteiger partial charge is 0.311 e. The van der Waals surface area contributed by atoms with Crippen molar-refractivity contribution in [3.8, 4) is 0 Å². The molecule has 0 radical (unpaired) electrons. The van der Waals surface area contributed by atoms with Crippen molar-refractivity contribution >= 4 is 17.9 Å². The zero-order chi connectivity index (χ0) is 23.2. The van der Waals surface area contributed by atoms with Gasteiger partial charge < -0.3 is 14.2 Å². The molecule has 0 unspecified atom stereocenters. The highest BCUT2D eigenvalue weighted by atomic mass is 16.6. The summed E-state index contributed by atoms with van der Waals surface area (Å²) in [6, 6.07) is 0. The first-order chi connectivity index (χ1) is 14.4. The number of esters is 3. The van der Waals surface area contributed by atoms with Gasteiger partial charge in [0.25, 0.3) is 0 Å². The third-order valence-electron chi connectivity index (χ3n) is 8.27. The van der Waals surface area contributed by atoms with E-state index >= 15 is 0 Å². The van der Waals surface area contributed by atoms with Crippen molar-refractivity contribution in [3.63, 3.8) is 0 Å². The van der Waals surface area contributed by atoms with Crippen LogP contribution in [0.15, 0.2) is 23.8 Å². The molecule has 0 bridgehead atoms. The molecule has 6 atom stereocenters. The summed E-state index contributed by atoms with van der Waals surface area (Å²) in [5.41, 5.74) is 0.706. The van der Waals surface area contributed by atoms with Gasteiger partial charge in [-0.25, -0.2) is 0 Å². The normalized spacial score (nSPS) is 39.6. The molecule has 0 N–H and O–H groups in total. The highest BCUT2D eigenvalue weighted by Crippen LogP contribution is 2.64. The molecular formula is C25H36O6. The van der Waals surface area contributed by atoms with Gasteiger partial charge in [-0.1, -0.05) is 31.9 Å². The molecule has 0 aromatic carbocycles. The van der Waals surface area contributed by atoms with Crippen molar-refractivity contribution in [2.24, 2.45) is 22.2 Å². The maximum absolute atomic E-state index is 12.9. The Morgan fingerprint density at radius 1 is 1.03 bits per heavy atom. The Balaban J connectivity index is 2.22. The van der Waals surface area contributed by atoms with E-state index in [0.717, 1.165) is 37.7 Å². The Morgan fingerprint density at radius 3 is 2.23 bits per heavy atom. The van der Waals surface area contributed by atoms with Crippen molar-refractivity contribution in [1.29, 1.82) is 0 Å². The van der Waals surface area contributed by atoms with Gasteiger partial charge >= 0.3 is 17.9 Å². The van der Waals surface area contributed by atoms with E-state index in [1.54, 1.807) is 0 Å². The molecule has 0 heterocycles. The van der Waals surface area contributed by atoms with Crippen LogP contribution in [0.25, 0.3) is 0 Å². The van der Waals surface area contributed by atoms with E-state index in [4.69, 9.17) is 14.2 Å². The number of hydrogen-bond acceptors (Lipinski definition) is 6. The van der Waals surface area contributed by atoms with E-state index < -0.39 is 23.0 Å². The predicted octanol–water partition coefficient (Wildman–Crippen LogP) is 4.52. The average Bonchev–Trinajstić information content (AvgIpc) is 2.69. The number of carbonyl (C=O) groups excluding carboxylic acids is 3. The van der Waals surface area contributed by atoms with E-state index in [1.807, 2.05) is 19.9 Å². The van der Waals surface area contributed by atoms with Crippen molar-refractivity contribution in [3.05, 3.63) is 23.8 Å². The molecule has 6 heteroatoms. The first-order valence-electron chi connectivity index (χ1n) is 11.2. The number of carbonyl (C=O) groups is 3. The van der Waals surface area contributed by atoms with Gasteiger partial charge in [0.05, 0.1) is 12.5 Å². The predicted molar refractivity (Wildman–Crippen MR) is 116 cm³/mol. The molecule has 172 valence electrons. The van der Waals surface area contributed by atoms with E-state index in [-0.39, 0.29) is 29.2 Å². The monoisotopic (exact) mass is 432 g/mol. The van der Waals surface area contributed by atoms with Crippen LogP contribution >= 0.6 is 0 Å². The van der Waals surface area contributed by atoms with Crippen molar-refractivity contribution < 1.29 is 28.6 Å². The van der Waals surface area contributed by atoms with Gasteiger partial charge in [0.15, 0.2) is 0 Å². The van der Waals surface area contributed by atoms with Gasteiger partial charge in [-0.3, -0.25) is 14.4 Å². The molecule has 31 heavy (non-hydrogen) atoms. The zero-order valence-electron chi connectivity index (χ0n) is 19.7. The second-order valence-corrected chi connectivity index (χ2v) is 10.2. The molecule has 6 nitrogen and oxygen atoms in total. The second-order valence-electron chi connectivity index (χ2n) is 10.2. The molecule has 1 saturated carbocycles. The molecule has 3 aliphatic carbocycles. The van der Waals surface area contributed by atoms with Crippen LogP contribution in [0, 0.1) is 22.2 Å². The highest BCUT2D eigenvalue weighted by Gasteiger charge is 2.61. The quantitative estimate of drug-likeness (QED) is 0.369. The van der Waals surface area contributed by atoms with Gasteiger partial charge in [-0.05, 0) is 50.4 Å². The van der Waals surface area contributed by atoms with Gasteiger partial charge in [0.2, 0.25) is 0 Å². The van der Waals surface area contributed by atoms with Crippen molar-refractivity contribution in [2.75, 3.05) is 7.11 Å². The molecule has 3 rings (SSSR count). The highest BCUT2D eigenvalue weighted by molar-refractivity contribution is 5.77. The molecule has 0 spiro atoms. The molecule has 0 aliphatic heterocycles. The second kappa shape index (κ2) is 8.10. The summed E-state index contributed by atoms with van der Waals surface area (Å²) in [6.45, 7) is 13.1. The van der Waals surface area contributed by atoms with Gasteiger partial charge in [-0.2, -0.15) is 0 Å². The SMILES string of the molecule is C=C[C@]1(C)CCC2=C([C@H]1OC(C)=O)[C@H](OC(C)=O)C[C@H]1[C@](C)(C(=O)OC)CCC[C@]21C. The number of hydrogen-bond donors (Lipinski definition) is 0. The van der Waals surface area contributed by atoms with E-state index in [9.17, 15) is 14.4 Å². The molecule has 0 saturated heterocycles. The first kappa shape index (κ1) is 23.6. The number of methoxy groups -OCH3 is 1. The van der Waals surface area contributed by atoms with Gasteiger partial charge in [0, 0.05) is 24.8 Å². The van der Waals surface area contributed by atoms with E-state index in [0.29, 0.717) is 6.42 Å². The summed E-state index contributed by atoms with van der Waals surface area (Å²) in [5.74, 6) is -1.00. The Morgan fingerprint density at radius 2 is 1.68 bits per heavy atom. The fraction of sp³-hybridized carbons (Fsp3) is 0.720. The summed E-state index contributed by atoms with van der Waals surface area (Å²) in [7, 11) is 1.43. The van der Waals surface area contributed by atoms with Gasteiger partial charge in [-0.15, -0.1) is 6.58 Å². The van der Waals surface area contributed by atoms with Crippen LogP contribution < -0.4 is 0 Å². The van der Waals surface area contributed by atoms with E-state index in [1.165, 1.54) is 26.5 Å². The minimum atomic E-state index is -0.658. The number of fused-ring (bicyclic) bond motifs is 2. The van der Waals surface area contributed by atoms with Crippen LogP contribution in [0.2, 0.25) is 0 Å². The molecule has 0 aromatic rings. The standard InChI is InChI=1S/C25H36O6/c1-8-23(4)13-10-17-20(21(23)31-16(3)27)18(30-15(2)26)14-19-24(17,5)11-9-12-25(19,6)22(28)29-7/h8,18-19,21H,1,9-14H2,2-7H3/t18-,19-,21-,23-,24-,25-/m1/s1. The lowest BCUT2D eigenvalue weighted by Crippen LogP contribution is -2.57. The topological polar surface area (TPSA) is 78.9 Å². The maximum atomic E-state index is 12.9. The molecule has 0 amide bonds. The zero-order valence-corrected chi connectivity index (χ0v) is 19.7. The third kappa shape index (κ3) is 3.72. The van der Waals surface area contributed by atoms with Crippen LogP contribution in [0.5, 0.6) is 0 Å². The number of allylic oxidation sites excluding steroid dienone is 1. The fourth-order valence-corrected chi connectivity index (χ4v) is 6.62. The van der Waals surface area contributed by atoms with Crippen LogP contribution in [0.3, 0.4) is 0 Å². The molecule has 1 fully saturated rings. The summed E-state index contributed by atoms with van der Waals surface area (Å²) < 4.78 is 16.9. The summed E-state index contributed by atoms with van der Waals surface area (Å²) in [6.07, 6.45) is 5.42. The van der Waals surface area contributed by atoms with Crippen LogP contribution in [0.4, 0.5) is 0 Å². The van der Waals surface area contributed by atoms with Crippen molar-refractivity contribution in [2.45, 2.75) is 85.4 Å². The number of rotatable bonds is 4. The first-order valence-corrected chi connectivity index (χ1v) is 11.2. The minimum Gasteiger partial charge on any atom is -0.469 e. The van der Waals surface area contributed by atoms with Crippen molar-refractivity contribution in [1.82, 2.24) is 0 Å². The largest absolute Gasteiger partial charge is 0.469 e. The Hall–Kier alpha value is -2.11. The van der Waals surface area contributed by atoms with Crippen LogP contribution in [-0.2, 0) is 28.6 Å². The minimum absolute atomic E-state index is 0.0321. The number of ether oxygens (including phenoxy) is 3. The van der Waals surface area contributed by atoms with Crippen LogP contribution in [-0.4, -0.2) is 37.2 Å². The lowest BCUT2D eigenvalue weighted by atomic mass is 9.46. The van der Waals surface area contributed by atoms with Crippen LogP contribution in [0.1, 0.15) is 73.1 Å². The van der Waals surface area contributed by atoms with Gasteiger partial charge in [0.1, 0.15) is 12.2 Å².